The average Bonchev–Trinajstić information content (AvgIpc) is 2.84. The molecule has 0 amide bonds. The van der Waals surface area contributed by atoms with Gasteiger partial charge in [0, 0.05) is 37.2 Å². The Morgan fingerprint density at radius 2 is 2.22 bits per heavy atom. The Morgan fingerprint density at radius 1 is 1.44 bits per heavy atom. The lowest BCUT2D eigenvalue weighted by molar-refractivity contribution is 0.0873. The largest absolute Gasteiger partial charge is 0.383 e. The number of likely N-dealkylation sites (N-methyl/N-ethyl adjacent to an activating group) is 1. The van der Waals surface area contributed by atoms with E-state index >= 15 is 0 Å². The van der Waals surface area contributed by atoms with Gasteiger partial charge in [0.15, 0.2) is 0 Å². The number of ether oxygens (including phenoxy) is 1. The minimum Gasteiger partial charge on any atom is -0.383 e. The molecule has 1 unspecified atom stereocenters. The van der Waals surface area contributed by atoms with Crippen LogP contribution in [0.5, 0.6) is 0 Å². The summed E-state index contributed by atoms with van der Waals surface area (Å²) in [5.74, 6) is 0. The molecule has 18 heavy (non-hydrogen) atoms. The molecule has 0 bridgehead atoms. The maximum Gasteiger partial charge on any atom is 0.0630 e. The van der Waals surface area contributed by atoms with Gasteiger partial charge >= 0.3 is 0 Å². The molecule has 3 nitrogen and oxygen atoms in total. The van der Waals surface area contributed by atoms with Gasteiger partial charge in [-0.1, -0.05) is 26.8 Å². The van der Waals surface area contributed by atoms with E-state index in [9.17, 15) is 0 Å². The monoisotopic (exact) mass is 270 g/mol. The van der Waals surface area contributed by atoms with E-state index < -0.39 is 0 Å². The van der Waals surface area contributed by atoms with Crippen LogP contribution in [0.4, 0.5) is 0 Å². The molecule has 4 heteroatoms. The Labute approximate surface area is 115 Å². The molecule has 0 aliphatic carbocycles. The van der Waals surface area contributed by atoms with E-state index in [4.69, 9.17) is 4.74 Å². The average molecular weight is 270 g/mol. The zero-order valence-corrected chi connectivity index (χ0v) is 12.8. The Hall–Kier alpha value is -0.420. The molecule has 0 aliphatic rings. The van der Waals surface area contributed by atoms with Crippen molar-refractivity contribution in [1.29, 1.82) is 0 Å². The number of hydrogen-bond donors (Lipinski definition) is 1. The Balaban J connectivity index is 2.55. The van der Waals surface area contributed by atoms with Crippen LogP contribution in [0.1, 0.15) is 25.6 Å². The Kier molecular flexibility index (Phi) is 7.51. The van der Waals surface area contributed by atoms with Crippen molar-refractivity contribution in [2.24, 2.45) is 0 Å². The summed E-state index contributed by atoms with van der Waals surface area (Å²) >= 11 is 1.82. The van der Waals surface area contributed by atoms with Crippen molar-refractivity contribution in [2.45, 2.75) is 39.4 Å². The van der Waals surface area contributed by atoms with Crippen molar-refractivity contribution in [1.82, 2.24) is 10.2 Å². The quantitative estimate of drug-likeness (QED) is 0.746. The summed E-state index contributed by atoms with van der Waals surface area (Å²) in [4.78, 5) is 3.90. The summed E-state index contributed by atoms with van der Waals surface area (Å²) in [6.45, 7) is 10.4. The Morgan fingerprint density at radius 3 is 2.72 bits per heavy atom. The number of methoxy groups -OCH3 is 1. The van der Waals surface area contributed by atoms with Crippen molar-refractivity contribution < 1.29 is 4.74 Å². The van der Waals surface area contributed by atoms with E-state index in [2.05, 4.69) is 48.5 Å². The zero-order valence-electron chi connectivity index (χ0n) is 12.0. The van der Waals surface area contributed by atoms with Crippen LogP contribution in [0.15, 0.2) is 17.5 Å². The van der Waals surface area contributed by atoms with Crippen LogP contribution in [-0.4, -0.2) is 43.8 Å². The molecule has 0 saturated carbocycles. The molecule has 104 valence electrons. The van der Waals surface area contributed by atoms with Crippen LogP contribution < -0.4 is 5.32 Å². The summed E-state index contributed by atoms with van der Waals surface area (Å²) in [5.41, 5.74) is 0. The maximum absolute atomic E-state index is 5.36. The number of nitrogens with one attached hydrogen (secondary N) is 1. The maximum atomic E-state index is 5.36. The predicted octanol–water partition coefficient (Wildman–Crippen LogP) is 2.58. The number of hydrogen-bond acceptors (Lipinski definition) is 4. The van der Waals surface area contributed by atoms with Crippen molar-refractivity contribution in [3.05, 3.63) is 22.4 Å². The molecule has 0 radical (unpaired) electrons. The Bertz CT molecular complexity index is 301. The third-order valence-electron chi connectivity index (χ3n) is 2.98. The first-order valence-electron chi connectivity index (χ1n) is 6.66. The van der Waals surface area contributed by atoms with Gasteiger partial charge in [-0.15, -0.1) is 11.3 Å². The van der Waals surface area contributed by atoms with E-state index in [0.29, 0.717) is 12.1 Å². The van der Waals surface area contributed by atoms with Crippen LogP contribution >= 0.6 is 11.3 Å². The summed E-state index contributed by atoms with van der Waals surface area (Å²) in [5, 5.41) is 5.65. The molecular weight excluding hydrogens is 244 g/mol. The molecule has 1 atom stereocenters. The highest BCUT2D eigenvalue weighted by Crippen LogP contribution is 2.14. The molecule has 0 aliphatic heterocycles. The van der Waals surface area contributed by atoms with Gasteiger partial charge in [0.25, 0.3) is 0 Å². The van der Waals surface area contributed by atoms with Gasteiger partial charge in [0.05, 0.1) is 6.61 Å². The minimum absolute atomic E-state index is 0.435. The van der Waals surface area contributed by atoms with Crippen LogP contribution in [-0.2, 0) is 11.3 Å². The first kappa shape index (κ1) is 15.6. The molecule has 1 rings (SSSR count). The fourth-order valence-corrected chi connectivity index (χ4v) is 2.69. The van der Waals surface area contributed by atoms with E-state index in [0.717, 1.165) is 26.2 Å². The third-order valence-corrected chi connectivity index (χ3v) is 3.84. The lowest BCUT2D eigenvalue weighted by Gasteiger charge is -2.30. The SMILES string of the molecule is CCN(Cc1cccs1)C(CNC(C)C)COC. The molecular formula is C14H26N2OS. The topological polar surface area (TPSA) is 24.5 Å². The van der Waals surface area contributed by atoms with Crippen molar-refractivity contribution in [3.8, 4) is 0 Å². The predicted molar refractivity (Wildman–Crippen MR) is 79.2 cm³/mol. The molecule has 0 aromatic carbocycles. The first-order chi connectivity index (χ1) is 8.67. The third kappa shape index (κ3) is 5.48. The molecule has 0 saturated heterocycles. The van der Waals surface area contributed by atoms with Gasteiger partial charge in [-0.2, -0.15) is 0 Å². The summed E-state index contributed by atoms with van der Waals surface area (Å²) in [6, 6.07) is 5.27. The summed E-state index contributed by atoms with van der Waals surface area (Å²) in [7, 11) is 1.78. The second kappa shape index (κ2) is 8.64. The van der Waals surface area contributed by atoms with Gasteiger partial charge in [-0.05, 0) is 18.0 Å². The van der Waals surface area contributed by atoms with Gasteiger partial charge < -0.3 is 10.1 Å². The van der Waals surface area contributed by atoms with Gasteiger partial charge in [-0.25, -0.2) is 0 Å². The number of nitrogens with zero attached hydrogens (tertiary/aromatic N) is 1. The molecule has 1 heterocycles. The fraction of sp³-hybridized carbons (Fsp3) is 0.714. The van der Waals surface area contributed by atoms with Gasteiger partial charge in [-0.3, -0.25) is 4.90 Å². The summed E-state index contributed by atoms with van der Waals surface area (Å²) < 4.78 is 5.36. The normalized spacial score (nSPS) is 13.4. The smallest absolute Gasteiger partial charge is 0.0630 e. The van der Waals surface area contributed by atoms with Crippen LogP contribution in [0.2, 0.25) is 0 Å². The van der Waals surface area contributed by atoms with E-state index in [1.165, 1.54) is 4.88 Å². The summed E-state index contributed by atoms with van der Waals surface area (Å²) in [6.07, 6.45) is 0. The second-order valence-corrected chi connectivity index (χ2v) is 5.85. The highest BCUT2D eigenvalue weighted by atomic mass is 32.1. The van der Waals surface area contributed by atoms with E-state index in [1.54, 1.807) is 7.11 Å². The van der Waals surface area contributed by atoms with Crippen LogP contribution in [0.3, 0.4) is 0 Å². The lowest BCUT2D eigenvalue weighted by Crippen LogP contribution is -2.46. The van der Waals surface area contributed by atoms with Crippen LogP contribution in [0, 0.1) is 0 Å². The molecule has 1 aromatic heterocycles. The number of thiophene rings is 1. The number of rotatable bonds is 9. The molecule has 0 spiro atoms. The molecule has 0 fully saturated rings. The standard InChI is InChI=1S/C14H26N2OS/c1-5-16(10-14-7-6-8-18-14)13(11-17-4)9-15-12(2)3/h6-8,12-13,15H,5,9-11H2,1-4H3. The van der Waals surface area contributed by atoms with Crippen molar-refractivity contribution in [2.75, 3.05) is 26.8 Å². The van der Waals surface area contributed by atoms with Crippen molar-refractivity contribution >= 4 is 11.3 Å². The van der Waals surface area contributed by atoms with E-state index in [1.807, 2.05) is 11.3 Å². The molecule has 1 N–H and O–H groups in total. The van der Waals surface area contributed by atoms with Gasteiger partial charge in [0.1, 0.15) is 0 Å². The first-order valence-corrected chi connectivity index (χ1v) is 7.54. The fourth-order valence-electron chi connectivity index (χ4n) is 1.96. The lowest BCUT2D eigenvalue weighted by atomic mass is 10.2. The second-order valence-electron chi connectivity index (χ2n) is 4.81. The van der Waals surface area contributed by atoms with Crippen molar-refractivity contribution in [3.63, 3.8) is 0 Å². The highest BCUT2D eigenvalue weighted by Gasteiger charge is 2.17. The molecule has 1 aromatic rings. The van der Waals surface area contributed by atoms with Crippen LogP contribution in [0.25, 0.3) is 0 Å². The highest BCUT2D eigenvalue weighted by molar-refractivity contribution is 7.09. The zero-order chi connectivity index (χ0) is 13.4. The van der Waals surface area contributed by atoms with Gasteiger partial charge in [0.2, 0.25) is 0 Å². The van der Waals surface area contributed by atoms with E-state index in [-0.39, 0.29) is 0 Å². The minimum atomic E-state index is 0.435.